The van der Waals surface area contributed by atoms with Gasteiger partial charge >= 0.3 is 0 Å². The molecule has 0 bridgehead atoms. The average Bonchev–Trinajstić information content (AvgIpc) is 1.81. The van der Waals surface area contributed by atoms with Crippen LogP contribution in [-0.4, -0.2) is 32.7 Å². The summed E-state index contributed by atoms with van der Waals surface area (Å²) >= 11 is 2.27. The van der Waals surface area contributed by atoms with Crippen molar-refractivity contribution >= 4 is 22.6 Å². The van der Waals surface area contributed by atoms with Crippen LogP contribution < -0.4 is 0 Å². The Labute approximate surface area is 69.4 Å². The van der Waals surface area contributed by atoms with Gasteiger partial charge in [-0.2, -0.15) is 0 Å². The summed E-state index contributed by atoms with van der Waals surface area (Å²) < 4.78 is 0.350. The number of alkyl halides is 1. The Hall–Kier alpha value is 0.650. The van der Waals surface area contributed by atoms with Crippen molar-refractivity contribution in [2.24, 2.45) is 0 Å². The standard InChI is InChI=1S/C6H12INO/c1-4(2)8-3-5(9)6(8)7/h4-6,9H,3H2,1-2H3. The normalized spacial score (nSPS) is 37.0. The van der Waals surface area contributed by atoms with E-state index >= 15 is 0 Å². The second kappa shape index (κ2) is 2.72. The molecule has 2 unspecified atom stereocenters. The van der Waals surface area contributed by atoms with Crippen LogP contribution in [0.4, 0.5) is 0 Å². The summed E-state index contributed by atoms with van der Waals surface area (Å²) in [7, 11) is 0. The van der Waals surface area contributed by atoms with Gasteiger partial charge in [-0.15, -0.1) is 0 Å². The number of likely N-dealkylation sites (tertiary alicyclic amines) is 1. The third-order valence-corrected chi connectivity index (χ3v) is 3.24. The maximum absolute atomic E-state index is 9.09. The molecule has 1 heterocycles. The van der Waals surface area contributed by atoms with E-state index in [0.29, 0.717) is 10.1 Å². The zero-order valence-electron chi connectivity index (χ0n) is 5.71. The summed E-state index contributed by atoms with van der Waals surface area (Å²) in [5.41, 5.74) is 0. The number of rotatable bonds is 1. The highest BCUT2D eigenvalue weighted by Gasteiger charge is 2.36. The molecule has 54 valence electrons. The second-order valence-corrected chi connectivity index (χ2v) is 4.01. The summed E-state index contributed by atoms with van der Waals surface area (Å²) in [4.78, 5) is 2.27. The zero-order chi connectivity index (χ0) is 7.02. The molecule has 1 saturated heterocycles. The quantitative estimate of drug-likeness (QED) is 0.417. The minimum Gasteiger partial charge on any atom is -0.389 e. The Morgan fingerprint density at radius 3 is 2.33 bits per heavy atom. The number of aliphatic hydroxyl groups excluding tert-OH is 1. The van der Waals surface area contributed by atoms with Gasteiger partial charge < -0.3 is 5.11 Å². The van der Waals surface area contributed by atoms with E-state index in [1.807, 2.05) is 0 Å². The predicted molar refractivity (Wildman–Crippen MR) is 45.7 cm³/mol. The van der Waals surface area contributed by atoms with Crippen molar-refractivity contribution in [3.63, 3.8) is 0 Å². The van der Waals surface area contributed by atoms with Crippen LogP contribution in [0.15, 0.2) is 0 Å². The highest BCUT2D eigenvalue weighted by atomic mass is 127. The topological polar surface area (TPSA) is 23.5 Å². The van der Waals surface area contributed by atoms with Gasteiger partial charge in [-0.1, -0.05) is 22.6 Å². The van der Waals surface area contributed by atoms with E-state index in [-0.39, 0.29) is 6.10 Å². The van der Waals surface area contributed by atoms with Gasteiger partial charge in [-0.05, 0) is 13.8 Å². The fraction of sp³-hybridized carbons (Fsp3) is 1.00. The van der Waals surface area contributed by atoms with E-state index in [4.69, 9.17) is 5.11 Å². The molecule has 0 aliphatic carbocycles. The molecule has 9 heavy (non-hydrogen) atoms. The van der Waals surface area contributed by atoms with Crippen LogP contribution in [0, 0.1) is 0 Å². The van der Waals surface area contributed by atoms with Gasteiger partial charge in [-0.3, -0.25) is 4.90 Å². The van der Waals surface area contributed by atoms with Crippen molar-refractivity contribution in [2.75, 3.05) is 6.54 Å². The molecule has 3 heteroatoms. The van der Waals surface area contributed by atoms with Crippen molar-refractivity contribution in [3.05, 3.63) is 0 Å². The third kappa shape index (κ3) is 1.38. The van der Waals surface area contributed by atoms with Crippen molar-refractivity contribution in [1.82, 2.24) is 4.90 Å². The van der Waals surface area contributed by atoms with E-state index in [1.165, 1.54) is 0 Å². The molecular formula is C6H12INO. The van der Waals surface area contributed by atoms with Crippen LogP contribution in [0.1, 0.15) is 13.8 Å². The fourth-order valence-corrected chi connectivity index (χ4v) is 2.08. The SMILES string of the molecule is CC(C)N1CC(O)C1I. The molecule has 0 aromatic rings. The van der Waals surface area contributed by atoms with Gasteiger partial charge in [0, 0.05) is 12.6 Å². The highest BCUT2D eigenvalue weighted by molar-refractivity contribution is 14.1. The van der Waals surface area contributed by atoms with Gasteiger partial charge in [0.1, 0.15) is 0 Å². The molecule has 0 radical (unpaired) electrons. The monoisotopic (exact) mass is 241 g/mol. The van der Waals surface area contributed by atoms with Gasteiger partial charge in [0.25, 0.3) is 0 Å². The lowest BCUT2D eigenvalue weighted by Crippen LogP contribution is -2.59. The van der Waals surface area contributed by atoms with E-state index in [2.05, 4.69) is 41.3 Å². The molecule has 1 rings (SSSR count). The number of aliphatic hydroxyl groups is 1. The second-order valence-electron chi connectivity index (χ2n) is 2.73. The molecule has 1 aliphatic rings. The minimum absolute atomic E-state index is 0.0898. The Morgan fingerprint density at radius 1 is 1.67 bits per heavy atom. The molecule has 0 aromatic carbocycles. The Bertz CT molecular complexity index is 107. The van der Waals surface area contributed by atoms with Crippen molar-refractivity contribution < 1.29 is 5.11 Å². The highest BCUT2D eigenvalue weighted by Crippen LogP contribution is 2.25. The first kappa shape index (κ1) is 7.75. The molecule has 1 aliphatic heterocycles. The van der Waals surface area contributed by atoms with Crippen LogP contribution in [-0.2, 0) is 0 Å². The van der Waals surface area contributed by atoms with Gasteiger partial charge in [0.15, 0.2) is 0 Å². The summed E-state index contributed by atoms with van der Waals surface area (Å²) in [6, 6.07) is 0.579. The molecule has 2 nitrogen and oxygen atoms in total. The first-order chi connectivity index (χ1) is 4.13. The Morgan fingerprint density at radius 2 is 2.22 bits per heavy atom. The first-order valence-electron chi connectivity index (χ1n) is 3.21. The summed E-state index contributed by atoms with van der Waals surface area (Å²) in [6.45, 7) is 5.15. The fourth-order valence-electron chi connectivity index (χ4n) is 0.982. The lowest BCUT2D eigenvalue weighted by atomic mass is 10.1. The lowest BCUT2D eigenvalue weighted by molar-refractivity contribution is -0.0268. The molecule has 2 atom stereocenters. The Kier molecular flexibility index (Phi) is 2.34. The largest absolute Gasteiger partial charge is 0.389 e. The first-order valence-corrected chi connectivity index (χ1v) is 4.45. The van der Waals surface area contributed by atoms with Crippen LogP contribution in [0.2, 0.25) is 0 Å². The number of halogens is 1. The molecule has 0 amide bonds. The van der Waals surface area contributed by atoms with E-state index in [9.17, 15) is 0 Å². The summed E-state index contributed by atoms with van der Waals surface area (Å²) in [6.07, 6.45) is -0.0898. The molecule has 1 fully saturated rings. The van der Waals surface area contributed by atoms with Crippen molar-refractivity contribution in [1.29, 1.82) is 0 Å². The average molecular weight is 241 g/mol. The number of nitrogens with zero attached hydrogens (tertiary/aromatic N) is 1. The van der Waals surface area contributed by atoms with E-state index < -0.39 is 0 Å². The smallest absolute Gasteiger partial charge is 0.0914 e. The van der Waals surface area contributed by atoms with Crippen molar-refractivity contribution in [3.8, 4) is 0 Å². The third-order valence-electron chi connectivity index (χ3n) is 1.70. The van der Waals surface area contributed by atoms with Gasteiger partial charge in [0.2, 0.25) is 0 Å². The maximum atomic E-state index is 9.09. The predicted octanol–water partition coefficient (Wildman–Crippen LogP) is 0.832. The maximum Gasteiger partial charge on any atom is 0.0914 e. The molecule has 1 N–H and O–H groups in total. The van der Waals surface area contributed by atoms with Crippen LogP contribution in [0.5, 0.6) is 0 Å². The Balaban J connectivity index is 2.33. The summed E-state index contributed by atoms with van der Waals surface area (Å²) in [5.74, 6) is 0. The molecule has 0 saturated carbocycles. The van der Waals surface area contributed by atoms with E-state index in [1.54, 1.807) is 0 Å². The number of hydrogen-bond donors (Lipinski definition) is 1. The van der Waals surface area contributed by atoms with E-state index in [0.717, 1.165) is 6.54 Å². The number of hydrogen-bond acceptors (Lipinski definition) is 2. The van der Waals surface area contributed by atoms with Gasteiger partial charge in [0.05, 0.1) is 10.2 Å². The van der Waals surface area contributed by atoms with Crippen LogP contribution >= 0.6 is 22.6 Å². The number of β-amino-alcohol motifs (C(OH)–C–C–N with tert-alkyl or cyclic N) is 1. The summed E-state index contributed by atoms with van der Waals surface area (Å²) in [5, 5.41) is 9.09. The molecular weight excluding hydrogens is 229 g/mol. The molecule has 0 aromatic heterocycles. The van der Waals surface area contributed by atoms with Crippen LogP contribution in [0.25, 0.3) is 0 Å². The van der Waals surface area contributed by atoms with Crippen LogP contribution in [0.3, 0.4) is 0 Å². The zero-order valence-corrected chi connectivity index (χ0v) is 7.87. The lowest BCUT2D eigenvalue weighted by Gasteiger charge is -2.44. The minimum atomic E-state index is -0.0898. The van der Waals surface area contributed by atoms with Gasteiger partial charge in [-0.25, -0.2) is 0 Å². The van der Waals surface area contributed by atoms with Crippen molar-refractivity contribution in [2.45, 2.75) is 30.0 Å². The molecule has 0 spiro atoms.